The third kappa shape index (κ3) is 11.4. The average Bonchev–Trinajstić information content (AvgIpc) is 2.87. The van der Waals surface area contributed by atoms with Crippen molar-refractivity contribution in [3.63, 3.8) is 0 Å². The van der Waals surface area contributed by atoms with Gasteiger partial charge in [0, 0.05) is 25.5 Å². The summed E-state index contributed by atoms with van der Waals surface area (Å²) in [6, 6.07) is 5.25. The molecule has 1 aromatic carbocycles. The molecule has 0 saturated heterocycles. The number of hydrogen-bond donors (Lipinski definition) is 3. The van der Waals surface area contributed by atoms with Crippen LogP contribution in [0, 0.1) is 0 Å². The summed E-state index contributed by atoms with van der Waals surface area (Å²) in [4.78, 5) is 52.9. The topological polar surface area (TPSA) is 200 Å². The number of ketones is 1. The summed E-state index contributed by atoms with van der Waals surface area (Å²) in [5, 5.41) is 13.7. The van der Waals surface area contributed by atoms with Crippen LogP contribution in [0.5, 0.6) is 5.75 Å². The molecule has 38 heavy (non-hydrogen) atoms. The SMILES string of the molecule is CC(=O)COCCNC(=O)COCCNC(=O)c1cnc(CS(=O)(=O)c2ccc(OCC(=O)O)cc2)nc1. The molecule has 0 aliphatic heterocycles. The predicted molar refractivity (Wildman–Crippen MR) is 130 cm³/mol. The molecule has 1 heterocycles. The van der Waals surface area contributed by atoms with Crippen LogP contribution in [0.1, 0.15) is 23.1 Å². The summed E-state index contributed by atoms with van der Waals surface area (Å²) in [7, 11) is -3.80. The third-order valence-electron chi connectivity index (χ3n) is 4.47. The fourth-order valence-corrected chi connectivity index (χ4v) is 3.93. The summed E-state index contributed by atoms with van der Waals surface area (Å²) >= 11 is 0. The largest absolute Gasteiger partial charge is 0.482 e. The zero-order valence-corrected chi connectivity index (χ0v) is 21.4. The molecule has 0 spiro atoms. The average molecular weight is 553 g/mol. The second-order valence-corrected chi connectivity index (χ2v) is 9.70. The molecular formula is C23H28N4O10S. The minimum absolute atomic E-state index is 0.0116. The maximum Gasteiger partial charge on any atom is 0.341 e. The highest BCUT2D eigenvalue weighted by atomic mass is 32.2. The van der Waals surface area contributed by atoms with E-state index in [9.17, 15) is 27.6 Å². The monoisotopic (exact) mass is 552 g/mol. The molecular weight excluding hydrogens is 524 g/mol. The summed E-state index contributed by atoms with van der Waals surface area (Å²) in [5.74, 6) is -2.47. The highest BCUT2D eigenvalue weighted by Crippen LogP contribution is 2.19. The normalized spacial score (nSPS) is 11.0. The van der Waals surface area contributed by atoms with Crippen molar-refractivity contribution in [1.82, 2.24) is 20.6 Å². The molecule has 15 heteroatoms. The number of nitrogens with zero attached hydrogens (tertiary/aromatic N) is 2. The molecule has 3 N–H and O–H groups in total. The molecule has 1 aromatic heterocycles. The van der Waals surface area contributed by atoms with Gasteiger partial charge in [-0.25, -0.2) is 23.2 Å². The summed E-state index contributed by atoms with van der Waals surface area (Å²) < 4.78 is 40.4. The fraction of sp³-hybridized carbons (Fsp3) is 0.391. The number of carboxylic acid groups (broad SMARTS) is 1. The number of carbonyl (C=O) groups is 4. The van der Waals surface area contributed by atoms with E-state index in [1.807, 2.05) is 0 Å². The Morgan fingerprint density at radius 2 is 1.50 bits per heavy atom. The summed E-state index contributed by atoms with van der Waals surface area (Å²) in [5.41, 5.74) is 0.106. The second kappa shape index (κ2) is 15.3. The number of sulfone groups is 1. The van der Waals surface area contributed by atoms with Crippen molar-refractivity contribution < 1.29 is 46.9 Å². The molecule has 0 aliphatic rings. The lowest BCUT2D eigenvalue weighted by atomic mass is 10.3. The number of amides is 2. The Balaban J connectivity index is 1.71. The number of hydrogen-bond acceptors (Lipinski definition) is 11. The van der Waals surface area contributed by atoms with Gasteiger partial charge in [-0.1, -0.05) is 0 Å². The number of aromatic nitrogens is 2. The van der Waals surface area contributed by atoms with Crippen molar-refractivity contribution in [3.05, 3.63) is 48.0 Å². The number of carboxylic acids is 1. The van der Waals surface area contributed by atoms with E-state index < -0.39 is 34.1 Å². The highest BCUT2D eigenvalue weighted by molar-refractivity contribution is 7.90. The first-order chi connectivity index (χ1) is 18.1. The Kier molecular flexibility index (Phi) is 12.2. The number of benzene rings is 1. The van der Waals surface area contributed by atoms with Crippen LogP contribution in [0.4, 0.5) is 0 Å². The second-order valence-electron chi connectivity index (χ2n) is 7.71. The van der Waals surface area contributed by atoms with Gasteiger partial charge >= 0.3 is 5.97 Å². The third-order valence-corrected chi connectivity index (χ3v) is 6.10. The molecule has 2 amide bonds. The first-order valence-electron chi connectivity index (χ1n) is 11.2. The molecule has 0 saturated carbocycles. The lowest BCUT2D eigenvalue weighted by Gasteiger charge is -2.08. The van der Waals surface area contributed by atoms with E-state index in [2.05, 4.69) is 20.6 Å². The van der Waals surface area contributed by atoms with Gasteiger partial charge in [0.15, 0.2) is 22.2 Å². The number of aliphatic carboxylic acids is 1. The van der Waals surface area contributed by atoms with Gasteiger partial charge in [-0.05, 0) is 31.2 Å². The smallest absolute Gasteiger partial charge is 0.341 e. The number of carbonyl (C=O) groups excluding carboxylic acids is 3. The zero-order valence-electron chi connectivity index (χ0n) is 20.5. The highest BCUT2D eigenvalue weighted by Gasteiger charge is 2.18. The lowest BCUT2D eigenvalue weighted by molar-refractivity contribution is -0.139. The van der Waals surface area contributed by atoms with Crippen molar-refractivity contribution >= 4 is 33.4 Å². The minimum atomic E-state index is -3.80. The van der Waals surface area contributed by atoms with Crippen LogP contribution in [-0.4, -0.2) is 93.2 Å². The van der Waals surface area contributed by atoms with Gasteiger partial charge in [0.25, 0.3) is 5.91 Å². The van der Waals surface area contributed by atoms with Crippen LogP contribution >= 0.6 is 0 Å². The van der Waals surface area contributed by atoms with Gasteiger partial charge in [-0.15, -0.1) is 0 Å². The number of Topliss-reactive ketones (excluding diaryl/α,β-unsaturated/α-hetero) is 1. The van der Waals surface area contributed by atoms with Gasteiger partial charge in [0.2, 0.25) is 5.91 Å². The Hall–Kier alpha value is -3.95. The molecule has 0 atom stereocenters. The molecule has 0 radical (unpaired) electrons. The Morgan fingerprint density at radius 3 is 2.11 bits per heavy atom. The van der Waals surface area contributed by atoms with Crippen molar-refractivity contribution in [3.8, 4) is 5.75 Å². The van der Waals surface area contributed by atoms with E-state index in [1.54, 1.807) is 0 Å². The first kappa shape index (κ1) is 30.3. The van der Waals surface area contributed by atoms with Crippen molar-refractivity contribution in [2.45, 2.75) is 17.6 Å². The van der Waals surface area contributed by atoms with Crippen LogP contribution in [0.3, 0.4) is 0 Å². The van der Waals surface area contributed by atoms with E-state index in [0.717, 1.165) is 0 Å². The molecule has 0 bridgehead atoms. The fourth-order valence-electron chi connectivity index (χ4n) is 2.72. The summed E-state index contributed by atoms with van der Waals surface area (Å²) in [6.45, 7) is 1.23. The first-order valence-corrected chi connectivity index (χ1v) is 12.9. The number of rotatable bonds is 17. The summed E-state index contributed by atoms with van der Waals surface area (Å²) in [6.07, 6.45) is 2.39. The van der Waals surface area contributed by atoms with Crippen molar-refractivity contribution in [2.24, 2.45) is 0 Å². The molecule has 2 rings (SSSR count). The van der Waals surface area contributed by atoms with Crippen LogP contribution in [-0.2, 0) is 39.4 Å². The Morgan fingerprint density at radius 1 is 0.895 bits per heavy atom. The zero-order chi connectivity index (χ0) is 28.0. The standard InChI is InChI=1S/C23H28N4O10S/c1-16(28)12-35-8-6-24-21(29)13-36-9-7-25-23(32)17-10-26-20(27-11-17)15-38(33,34)19-4-2-18(3-5-19)37-14-22(30)31/h2-5,10-11H,6-9,12-15H2,1H3,(H,24,29)(H,25,32)(H,30,31). The molecule has 14 nitrogen and oxygen atoms in total. The Bertz CT molecular complexity index is 1200. The van der Waals surface area contributed by atoms with E-state index >= 15 is 0 Å². The maximum absolute atomic E-state index is 12.6. The van der Waals surface area contributed by atoms with Crippen molar-refractivity contribution in [1.29, 1.82) is 0 Å². The maximum atomic E-state index is 12.6. The number of ether oxygens (including phenoxy) is 3. The minimum Gasteiger partial charge on any atom is -0.482 e. The lowest BCUT2D eigenvalue weighted by Crippen LogP contribution is -2.33. The number of nitrogens with one attached hydrogen (secondary N) is 2. The molecule has 0 unspecified atom stereocenters. The van der Waals surface area contributed by atoms with E-state index in [0.29, 0.717) is 0 Å². The van der Waals surface area contributed by atoms with Crippen molar-refractivity contribution in [2.75, 3.05) is 46.1 Å². The van der Waals surface area contributed by atoms with Crippen LogP contribution < -0.4 is 15.4 Å². The van der Waals surface area contributed by atoms with Gasteiger partial charge in [-0.3, -0.25) is 14.4 Å². The van der Waals surface area contributed by atoms with Gasteiger partial charge < -0.3 is 30.0 Å². The molecule has 2 aromatic rings. The van der Waals surface area contributed by atoms with Crippen LogP contribution in [0.2, 0.25) is 0 Å². The quantitative estimate of drug-likeness (QED) is 0.210. The van der Waals surface area contributed by atoms with Gasteiger partial charge in [0.05, 0.1) is 23.7 Å². The van der Waals surface area contributed by atoms with E-state index in [-0.39, 0.29) is 73.2 Å². The molecule has 206 valence electrons. The van der Waals surface area contributed by atoms with Crippen LogP contribution in [0.25, 0.3) is 0 Å². The van der Waals surface area contributed by atoms with E-state index in [1.165, 1.54) is 43.6 Å². The molecule has 0 aliphatic carbocycles. The molecule has 0 fully saturated rings. The van der Waals surface area contributed by atoms with Gasteiger partial charge in [0.1, 0.15) is 30.5 Å². The van der Waals surface area contributed by atoms with Gasteiger partial charge in [-0.2, -0.15) is 0 Å². The Labute approximate surface area is 218 Å². The van der Waals surface area contributed by atoms with E-state index in [4.69, 9.17) is 19.3 Å². The van der Waals surface area contributed by atoms with Crippen LogP contribution in [0.15, 0.2) is 41.6 Å². The predicted octanol–water partition coefficient (Wildman–Crippen LogP) is -0.618.